The van der Waals surface area contributed by atoms with Crippen LogP contribution in [0.15, 0.2) is 69.7 Å². The Bertz CT molecular complexity index is 1370. The Morgan fingerprint density at radius 3 is 1.66 bits per heavy atom. The third kappa shape index (κ3) is 11.2. The SMILES string of the molecule is CCCc1c(OCCN)noc1-c1ccccc1.CCCc1c(OCCNC(=O)OC(C)(C)C)noc1-c1ccccc1.Cl. The molecule has 0 unspecified atom stereocenters. The molecule has 4 aromatic rings. The third-order valence-electron chi connectivity index (χ3n) is 5.94. The van der Waals surface area contributed by atoms with E-state index in [1.165, 1.54) is 0 Å². The summed E-state index contributed by atoms with van der Waals surface area (Å²) < 4.78 is 27.3. The molecule has 2 heterocycles. The summed E-state index contributed by atoms with van der Waals surface area (Å²) >= 11 is 0. The van der Waals surface area contributed by atoms with Gasteiger partial charge in [-0.3, -0.25) is 0 Å². The van der Waals surface area contributed by atoms with Crippen molar-refractivity contribution in [1.82, 2.24) is 15.6 Å². The summed E-state index contributed by atoms with van der Waals surface area (Å²) in [6.07, 6.45) is 3.19. The summed E-state index contributed by atoms with van der Waals surface area (Å²) in [5, 5.41) is 10.7. The monoisotopic (exact) mass is 628 g/mol. The first-order valence-electron chi connectivity index (χ1n) is 14.8. The summed E-state index contributed by atoms with van der Waals surface area (Å²) in [5.74, 6) is 2.58. The zero-order chi connectivity index (χ0) is 31.1. The molecule has 240 valence electrons. The molecule has 0 aliphatic carbocycles. The number of amides is 1. The first-order valence-corrected chi connectivity index (χ1v) is 14.8. The highest BCUT2D eigenvalue weighted by Crippen LogP contribution is 2.32. The normalized spacial score (nSPS) is 10.7. The van der Waals surface area contributed by atoms with Crippen LogP contribution in [0.25, 0.3) is 22.6 Å². The highest BCUT2D eigenvalue weighted by molar-refractivity contribution is 5.85. The van der Waals surface area contributed by atoms with Crippen molar-refractivity contribution in [2.24, 2.45) is 5.73 Å². The number of halogens is 1. The van der Waals surface area contributed by atoms with Crippen molar-refractivity contribution in [3.05, 3.63) is 71.8 Å². The highest BCUT2D eigenvalue weighted by atomic mass is 35.5. The van der Waals surface area contributed by atoms with E-state index in [0.717, 1.165) is 59.5 Å². The zero-order valence-corrected chi connectivity index (χ0v) is 27.1. The molecule has 10 nitrogen and oxygen atoms in total. The number of hydrogen-bond donors (Lipinski definition) is 2. The van der Waals surface area contributed by atoms with Gasteiger partial charge in [0.1, 0.15) is 18.8 Å². The molecule has 11 heteroatoms. The van der Waals surface area contributed by atoms with Crippen LogP contribution in [0.1, 0.15) is 58.6 Å². The number of aromatic nitrogens is 2. The van der Waals surface area contributed by atoms with E-state index in [-0.39, 0.29) is 19.0 Å². The number of benzene rings is 2. The van der Waals surface area contributed by atoms with Gasteiger partial charge >= 0.3 is 6.09 Å². The lowest BCUT2D eigenvalue weighted by Crippen LogP contribution is -2.34. The van der Waals surface area contributed by atoms with Gasteiger partial charge in [-0.1, -0.05) is 87.4 Å². The zero-order valence-electron chi connectivity index (χ0n) is 26.3. The second-order valence-electron chi connectivity index (χ2n) is 10.7. The molecular weight excluding hydrogens is 584 g/mol. The summed E-state index contributed by atoms with van der Waals surface area (Å²) in [4.78, 5) is 11.6. The number of rotatable bonds is 13. The van der Waals surface area contributed by atoms with E-state index in [4.69, 9.17) is 29.0 Å². The van der Waals surface area contributed by atoms with Crippen molar-refractivity contribution in [3.63, 3.8) is 0 Å². The maximum Gasteiger partial charge on any atom is 0.407 e. The minimum Gasteiger partial charge on any atom is -0.474 e. The fourth-order valence-electron chi connectivity index (χ4n) is 4.16. The summed E-state index contributed by atoms with van der Waals surface area (Å²) in [6.45, 7) is 11.2. The first kappa shape index (κ1) is 36.2. The molecular formula is C33H45ClN4O6. The van der Waals surface area contributed by atoms with E-state index in [0.29, 0.717) is 31.5 Å². The Morgan fingerprint density at radius 2 is 1.25 bits per heavy atom. The van der Waals surface area contributed by atoms with Gasteiger partial charge in [0.25, 0.3) is 11.8 Å². The Morgan fingerprint density at radius 1 is 0.795 bits per heavy atom. The van der Waals surface area contributed by atoms with E-state index in [1.54, 1.807) is 0 Å². The van der Waals surface area contributed by atoms with Gasteiger partial charge in [-0.25, -0.2) is 4.79 Å². The number of nitrogens with one attached hydrogen (secondary N) is 1. The second-order valence-corrected chi connectivity index (χ2v) is 10.7. The van der Waals surface area contributed by atoms with Crippen molar-refractivity contribution < 1.29 is 28.1 Å². The number of carbonyl (C=O) groups excluding carboxylic acids is 1. The topological polar surface area (TPSA) is 135 Å². The van der Waals surface area contributed by atoms with Gasteiger partial charge in [-0.15, -0.1) is 12.4 Å². The molecule has 2 aromatic heterocycles. The fraction of sp³-hybridized carbons (Fsp3) is 0.424. The predicted octanol–water partition coefficient (Wildman–Crippen LogP) is 7.25. The minimum absolute atomic E-state index is 0. The van der Waals surface area contributed by atoms with Crippen LogP contribution in [0.3, 0.4) is 0 Å². The molecule has 0 radical (unpaired) electrons. The van der Waals surface area contributed by atoms with E-state index >= 15 is 0 Å². The van der Waals surface area contributed by atoms with Crippen LogP contribution in [0.4, 0.5) is 4.79 Å². The molecule has 1 amide bonds. The molecule has 0 saturated heterocycles. The average molecular weight is 629 g/mol. The van der Waals surface area contributed by atoms with Crippen LogP contribution in [0.5, 0.6) is 11.8 Å². The Kier molecular flexibility index (Phi) is 15.3. The number of alkyl carbamates (subject to hydrolysis) is 1. The standard InChI is InChI=1S/C19H26N2O4.C14H18N2O2.ClH/c1-5-9-15-16(14-10-7-6-8-11-14)25-21-17(15)23-13-12-20-18(22)24-19(2,3)4;1-2-6-12-13(11-7-4-3-5-8-11)18-16-14(12)17-10-9-15;/h6-8,10-11H,5,9,12-13H2,1-4H3,(H,20,22);3-5,7-8H,2,6,9-10,15H2,1H3;1H. The molecule has 0 spiro atoms. The largest absolute Gasteiger partial charge is 0.474 e. The Hall–Kier alpha value is -4.02. The van der Waals surface area contributed by atoms with Gasteiger partial charge in [0.2, 0.25) is 0 Å². The minimum atomic E-state index is -0.518. The molecule has 0 saturated carbocycles. The van der Waals surface area contributed by atoms with Gasteiger partial charge in [-0.2, -0.15) is 0 Å². The summed E-state index contributed by atoms with van der Waals surface area (Å²) in [6, 6.07) is 19.8. The van der Waals surface area contributed by atoms with Crippen molar-refractivity contribution in [3.8, 4) is 34.4 Å². The number of nitrogens with zero attached hydrogens (tertiary/aromatic N) is 2. The maximum absolute atomic E-state index is 11.6. The Balaban J connectivity index is 0.000000315. The number of ether oxygens (including phenoxy) is 3. The molecule has 0 bridgehead atoms. The van der Waals surface area contributed by atoms with Crippen LogP contribution >= 0.6 is 12.4 Å². The van der Waals surface area contributed by atoms with E-state index in [1.807, 2.05) is 81.4 Å². The van der Waals surface area contributed by atoms with Gasteiger partial charge < -0.3 is 34.3 Å². The van der Waals surface area contributed by atoms with E-state index in [9.17, 15) is 4.79 Å². The lowest BCUT2D eigenvalue weighted by Gasteiger charge is -2.19. The quantitative estimate of drug-likeness (QED) is 0.147. The molecule has 2 aromatic carbocycles. The molecule has 3 N–H and O–H groups in total. The van der Waals surface area contributed by atoms with Gasteiger partial charge in [0, 0.05) is 17.7 Å². The summed E-state index contributed by atoms with van der Waals surface area (Å²) in [7, 11) is 0. The molecule has 0 fully saturated rings. The summed E-state index contributed by atoms with van der Waals surface area (Å²) in [5.41, 5.74) is 8.89. The average Bonchev–Trinajstić information content (AvgIpc) is 3.59. The molecule has 0 aliphatic rings. The van der Waals surface area contributed by atoms with E-state index in [2.05, 4.69) is 29.5 Å². The third-order valence-corrected chi connectivity index (χ3v) is 5.94. The van der Waals surface area contributed by atoms with Crippen LogP contribution in [0, 0.1) is 0 Å². The van der Waals surface area contributed by atoms with Crippen molar-refractivity contribution in [1.29, 1.82) is 0 Å². The smallest absolute Gasteiger partial charge is 0.407 e. The number of nitrogens with two attached hydrogens (primary N) is 1. The van der Waals surface area contributed by atoms with Crippen LogP contribution in [0.2, 0.25) is 0 Å². The van der Waals surface area contributed by atoms with Gasteiger partial charge in [-0.05, 0) is 43.9 Å². The van der Waals surface area contributed by atoms with Crippen molar-refractivity contribution >= 4 is 18.5 Å². The van der Waals surface area contributed by atoms with Crippen LogP contribution < -0.4 is 20.5 Å². The molecule has 4 rings (SSSR count). The first-order chi connectivity index (χ1) is 20.8. The Labute approximate surface area is 266 Å². The van der Waals surface area contributed by atoms with E-state index < -0.39 is 11.7 Å². The maximum atomic E-state index is 11.6. The van der Waals surface area contributed by atoms with Gasteiger partial charge in [0.15, 0.2) is 11.5 Å². The second kappa shape index (κ2) is 18.6. The van der Waals surface area contributed by atoms with Crippen molar-refractivity contribution in [2.45, 2.75) is 65.9 Å². The van der Waals surface area contributed by atoms with Crippen LogP contribution in [-0.4, -0.2) is 48.3 Å². The number of hydrogen-bond acceptors (Lipinski definition) is 9. The fourth-order valence-corrected chi connectivity index (χ4v) is 4.16. The van der Waals surface area contributed by atoms with Crippen molar-refractivity contribution in [2.75, 3.05) is 26.3 Å². The predicted molar refractivity (Wildman–Crippen MR) is 173 cm³/mol. The lowest BCUT2D eigenvalue weighted by molar-refractivity contribution is 0.0519. The molecule has 0 aliphatic heterocycles. The van der Waals surface area contributed by atoms with Crippen LogP contribution in [-0.2, 0) is 17.6 Å². The number of carbonyl (C=O) groups is 1. The highest BCUT2D eigenvalue weighted by Gasteiger charge is 2.20. The molecule has 0 atom stereocenters. The van der Waals surface area contributed by atoms with Gasteiger partial charge in [0.05, 0.1) is 17.7 Å². The lowest BCUT2D eigenvalue weighted by atomic mass is 10.1. The molecule has 44 heavy (non-hydrogen) atoms.